The third-order valence-corrected chi connectivity index (χ3v) is 7.73. The van der Waals surface area contributed by atoms with Gasteiger partial charge in [0.05, 0.1) is 6.61 Å². The van der Waals surface area contributed by atoms with Gasteiger partial charge in [-0.15, -0.1) is 0 Å². The highest BCUT2D eigenvalue weighted by atomic mass is 31.3. The van der Waals surface area contributed by atoms with Gasteiger partial charge >= 0.3 is 29.5 Å². The van der Waals surface area contributed by atoms with E-state index in [1.165, 1.54) is 6.92 Å². The van der Waals surface area contributed by atoms with Gasteiger partial charge in [-0.25, -0.2) is 23.5 Å². The maximum Gasteiger partial charge on any atom is 0.490 e. The molecule has 2 aliphatic heterocycles. The Kier molecular flexibility index (Phi) is 7.24. The molecular weight excluding hydrogens is 481 g/mol. The van der Waals surface area contributed by atoms with Crippen molar-refractivity contribution < 1.29 is 71.0 Å². The number of hydrogen-bond donors (Lipinski definition) is 7. The van der Waals surface area contributed by atoms with Crippen LogP contribution in [-0.2, 0) is 36.4 Å². The largest absolute Gasteiger partial charge is 0.490 e. The van der Waals surface area contributed by atoms with Crippen LogP contribution >= 0.6 is 23.5 Å². The molecule has 2 heterocycles. The standard InChI is InChI=1S/C10H17N2O15P3/c1-10(3-11-9(16)12-8(10)15)7-6(14)5(13)4(25-7)2-24-29(20,21)27-30(22,23)26-28(17,18)19/h3-7,13-14H,2H2,1H3,(H,20,21)(H,22,23)(H,12,15,16)(H2,17,18,19)/t4-,5-,6-,7-,10?/m1/s1. The van der Waals surface area contributed by atoms with Crippen LogP contribution in [0.15, 0.2) is 4.99 Å². The van der Waals surface area contributed by atoms with Crippen LogP contribution in [0.1, 0.15) is 6.92 Å². The van der Waals surface area contributed by atoms with E-state index >= 15 is 0 Å². The summed E-state index contributed by atoms with van der Waals surface area (Å²) < 4.78 is 50.2. The minimum absolute atomic E-state index is 0.888. The number of aliphatic imine (C=N–C) groups is 1. The second-order valence-electron chi connectivity index (χ2n) is 6.26. The molecule has 7 N–H and O–H groups in total. The van der Waals surface area contributed by atoms with E-state index in [1.807, 2.05) is 5.32 Å². The van der Waals surface area contributed by atoms with Gasteiger partial charge < -0.3 is 34.5 Å². The summed E-state index contributed by atoms with van der Waals surface area (Å²) in [5.74, 6) is -0.910. The van der Waals surface area contributed by atoms with Gasteiger partial charge in [-0.3, -0.25) is 14.6 Å². The van der Waals surface area contributed by atoms with Crippen LogP contribution in [0.2, 0.25) is 0 Å². The number of nitrogens with zero attached hydrogens (tertiary/aromatic N) is 1. The van der Waals surface area contributed by atoms with Gasteiger partial charge in [-0.1, -0.05) is 0 Å². The number of rotatable bonds is 8. The first-order chi connectivity index (χ1) is 13.5. The molecule has 0 aromatic carbocycles. The molecule has 3 unspecified atom stereocenters. The van der Waals surface area contributed by atoms with Crippen LogP contribution in [0.25, 0.3) is 0 Å². The van der Waals surface area contributed by atoms with E-state index in [-0.39, 0.29) is 0 Å². The van der Waals surface area contributed by atoms with Crippen LogP contribution in [0.3, 0.4) is 0 Å². The number of phosphoric acid groups is 3. The van der Waals surface area contributed by atoms with Crippen molar-refractivity contribution in [2.45, 2.75) is 31.3 Å². The fourth-order valence-electron chi connectivity index (χ4n) is 2.57. The lowest BCUT2D eigenvalue weighted by Gasteiger charge is -2.33. The average Bonchev–Trinajstić information content (AvgIpc) is 2.82. The van der Waals surface area contributed by atoms with Crippen molar-refractivity contribution in [3.63, 3.8) is 0 Å². The zero-order chi connectivity index (χ0) is 23.1. The number of urea groups is 1. The molecule has 0 aromatic rings. The third-order valence-electron chi connectivity index (χ3n) is 3.93. The number of aliphatic hydroxyl groups is 2. The predicted octanol–water partition coefficient (Wildman–Crippen LogP) is -1.85. The van der Waals surface area contributed by atoms with Crippen LogP contribution in [-0.4, -0.2) is 79.0 Å². The van der Waals surface area contributed by atoms with Crippen molar-refractivity contribution in [1.29, 1.82) is 0 Å². The Hall–Kier alpha value is -0.900. The third kappa shape index (κ3) is 6.08. The summed E-state index contributed by atoms with van der Waals surface area (Å²) in [5.41, 5.74) is -1.72. The quantitative estimate of drug-likeness (QED) is 0.181. The maximum atomic E-state index is 12.1. The lowest BCUT2D eigenvalue weighted by Crippen LogP contribution is -2.55. The van der Waals surface area contributed by atoms with Crippen molar-refractivity contribution in [1.82, 2.24) is 5.32 Å². The molecule has 20 heteroatoms. The van der Waals surface area contributed by atoms with Gasteiger partial charge in [-0.2, -0.15) is 8.62 Å². The molecular formula is C10H17N2O15P3. The number of carbonyl (C=O) groups is 2. The highest BCUT2D eigenvalue weighted by Crippen LogP contribution is 2.66. The fourth-order valence-corrected chi connectivity index (χ4v) is 5.60. The summed E-state index contributed by atoms with van der Waals surface area (Å²) in [6.45, 7) is 0.176. The van der Waals surface area contributed by atoms with Gasteiger partial charge in [0.15, 0.2) is 0 Å². The molecule has 3 amide bonds. The maximum absolute atomic E-state index is 12.1. The number of nitrogens with one attached hydrogen (secondary N) is 1. The predicted molar refractivity (Wildman–Crippen MR) is 90.6 cm³/mol. The summed E-state index contributed by atoms with van der Waals surface area (Å²) in [6.07, 6.45) is -5.73. The number of ether oxygens (including phenoxy) is 1. The molecule has 30 heavy (non-hydrogen) atoms. The summed E-state index contributed by atoms with van der Waals surface area (Å²) in [4.78, 5) is 62.0. The van der Waals surface area contributed by atoms with Gasteiger partial charge in [0.1, 0.15) is 29.8 Å². The van der Waals surface area contributed by atoms with Crippen LogP contribution in [0.5, 0.6) is 0 Å². The number of aliphatic hydroxyl groups excluding tert-OH is 2. The van der Waals surface area contributed by atoms with Gasteiger partial charge in [-0.05, 0) is 6.92 Å². The molecule has 0 radical (unpaired) electrons. The average molecular weight is 498 g/mol. The molecule has 0 saturated carbocycles. The van der Waals surface area contributed by atoms with Crippen LogP contribution in [0.4, 0.5) is 4.79 Å². The zero-order valence-electron chi connectivity index (χ0n) is 14.7. The number of hydrogen-bond acceptors (Lipinski definition) is 11. The van der Waals surface area contributed by atoms with Gasteiger partial charge in [0.2, 0.25) is 5.91 Å². The van der Waals surface area contributed by atoms with Crippen molar-refractivity contribution in [3.8, 4) is 0 Å². The lowest BCUT2D eigenvalue weighted by molar-refractivity contribution is -0.136. The molecule has 17 nitrogen and oxygen atoms in total. The Morgan fingerprint density at radius 2 is 1.70 bits per heavy atom. The Labute approximate surface area is 167 Å². The Morgan fingerprint density at radius 1 is 1.10 bits per heavy atom. The minimum Gasteiger partial charge on any atom is -0.388 e. The van der Waals surface area contributed by atoms with E-state index in [0.29, 0.717) is 0 Å². The Balaban J connectivity index is 2.06. The molecule has 2 aliphatic rings. The van der Waals surface area contributed by atoms with Crippen molar-refractivity contribution in [2.75, 3.05) is 6.61 Å². The molecule has 0 bridgehead atoms. The first kappa shape index (κ1) is 25.4. The fraction of sp³-hybridized carbons (Fsp3) is 0.700. The van der Waals surface area contributed by atoms with Crippen LogP contribution in [0, 0.1) is 5.41 Å². The van der Waals surface area contributed by atoms with Crippen molar-refractivity contribution in [2.24, 2.45) is 10.4 Å². The topological polar surface area (TPSA) is 268 Å². The number of carbonyl (C=O) groups excluding carboxylic acids is 2. The van der Waals surface area contributed by atoms with E-state index in [2.05, 4.69) is 18.1 Å². The minimum atomic E-state index is -5.74. The molecule has 0 aliphatic carbocycles. The summed E-state index contributed by atoms with van der Waals surface area (Å²) in [6, 6.07) is -0.963. The van der Waals surface area contributed by atoms with E-state index < -0.39 is 71.8 Å². The second-order valence-corrected chi connectivity index (χ2v) is 10.7. The first-order valence-corrected chi connectivity index (χ1v) is 12.2. The van der Waals surface area contributed by atoms with E-state index in [0.717, 1.165) is 6.21 Å². The molecule has 1 fully saturated rings. The van der Waals surface area contributed by atoms with Gasteiger partial charge in [0, 0.05) is 6.21 Å². The molecule has 0 spiro atoms. The lowest BCUT2D eigenvalue weighted by atomic mass is 9.80. The molecule has 7 atom stereocenters. The highest BCUT2D eigenvalue weighted by molar-refractivity contribution is 7.66. The van der Waals surface area contributed by atoms with Gasteiger partial charge in [0.25, 0.3) is 0 Å². The molecule has 1 saturated heterocycles. The monoisotopic (exact) mass is 498 g/mol. The highest BCUT2D eigenvalue weighted by Gasteiger charge is 2.55. The summed E-state index contributed by atoms with van der Waals surface area (Å²) in [5, 5.41) is 22.1. The number of amides is 3. The van der Waals surface area contributed by atoms with Crippen LogP contribution < -0.4 is 5.32 Å². The van der Waals surface area contributed by atoms with E-state index in [9.17, 15) is 38.4 Å². The summed E-state index contributed by atoms with van der Waals surface area (Å²) in [7, 11) is -16.8. The zero-order valence-corrected chi connectivity index (χ0v) is 17.4. The second kappa shape index (κ2) is 8.56. The van der Waals surface area contributed by atoms with E-state index in [4.69, 9.17) is 19.4 Å². The molecule has 2 rings (SSSR count). The van der Waals surface area contributed by atoms with E-state index in [1.54, 1.807) is 0 Å². The smallest absolute Gasteiger partial charge is 0.388 e. The number of imide groups is 1. The normalized spacial score (nSPS) is 36.2. The Bertz CT molecular complexity index is 886. The Morgan fingerprint density at radius 3 is 2.23 bits per heavy atom. The summed E-state index contributed by atoms with van der Waals surface area (Å²) >= 11 is 0. The SMILES string of the molecule is CC1([C@@H]2O[C@H](COP(=O)(O)OP(=O)(O)OP(=O)(O)O)[C@@H](O)[C@H]2O)C=NC(=O)NC1=O. The molecule has 172 valence electrons. The van der Waals surface area contributed by atoms with Crippen molar-refractivity contribution >= 4 is 41.6 Å². The first-order valence-electron chi connectivity index (χ1n) is 7.66. The van der Waals surface area contributed by atoms with Crippen molar-refractivity contribution in [3.05, 3.63) is 0 Å². The molecule has 0 aromatic heterocycles. The number of phosphoric ester groups is 1.